The molecule has 0 bridgehead atoms. The highest BCUT2D eigenvalue weighted by atomic mass is 35.5. The van der Waals surface area contributed by atoms with Gasteiger partial charge < -0.3 is 0 Å². The zero-order valence-electron chi connectivity index (χ0n) is 11.9. The van der Waals surface area contributed by atoms with E-state index in [1.165, 1.54) is 0 Å². The molecular formula is C15H13ClF3NO2S. The third-order valence-electron chi connectivity index (χ3n) is 3.17. The molecule has 2 aromatic carbocycles. The summed E-state index contributed by atoms with van der Waals surface area (Å²) < 4.78 is 64.9. The lowest BCUT2D eigenvalue weighted by molar-refractivity contribution is -0.137. The van der Waals surface area contributed by atoms with Crippen molar-refractivity contribution in [2.45, 2.75) is 24.0 Å². The van der Waals surface area contributed by atoms with E-state index in [1.54, 1.807) is 31.2 Å². The van der Waals surface area contributed by atoms with Crippen LogP contribution in [0.3, 0.4) is 0 Å². The van der Waals surface area contributed by atoms with Gasteiger partial charge in [-0.05, 0) is 42.8 Å². The molecular weight excluding hydrogens is 351 g/mol. The van der Waals surface area contributed by atoms with Crippen molar-refractivity contribution in [1.29, 1.82) is 0 Å². The highest BCUT2D eigenvalue weighted by Crippen LogP contribution is 2.30. The summed E-state index contributed by atoms with van der Waals surface area (Å²) >= 11 is 5.76. The maximum Gasteiger partial charge on any atom is 0.416 e. The molecule has 0 aliphatic rings. The maximum atomic E-state index is 12.7. The van der Waals surface area contributed by atoms with E-state index < -0.39 is 32.7 Å². The van der Waals surface area contributed by atoms with Crippen molar-refractivity contribution in [2.24, 2.45) is 0 Å². The summed E-state index contributed by atoms with van der Waals surface area (Å²) in [5.41, 5.74) is -0.371. The molecule has 0 fully saturated rings. The van der Waals surface area contributed by atoms with Crippen molar-refractivity contribution in [3.05, 3.63) is 64.7 Å². The Hall–Kier alpha value is -1.57. The van der Waals surface area contributed by atoms with Gasteiger partial charge in [-0.2, -0.15) is 13.2 Å². The van der Waals surface area contributed by atoms with Crippen molar-refractivity contribution >= 4 is 21.6 Å². The summed E-state index contributed by atoms with van der Waals surface area (Å²) in [4.78, 5) is -0.437. The van der Waals surface area contributed by atoms with Crippen molar-refractivity contribution in [3.63, 3.8) is 0 Å². The third kappa shape index (κ3) is 4.46. The largest absolute Gasteiger partial charge is 0.416 e. The predicted molar refractivity (Wildman–Crippen MR) is 81.6 cm³/mol. The van der Waals surface area contributed by atoms with Gasteiger partial charge in [0.15, 0.2) is 0 Å². The molecule has 1 atom stereocenters. The fraction of sp³-hybridized carbons (Fsp3) is 0.200. The Labute approximate surface area is 137 Å². The van der Waals surface area contributed by atoms with Gasteiger partial charge in [-0.1, -0.05) is 29.8 Å². The molecule has 1 unspecified atom stereocenters. The molecule has 8 heteroatoms. The lowest BCUT2D eigenvalue weighted by atomic mass is 10.1. The van der Waals surface area contributed by atoms with Gasteiger partial charge in [0.2, 0.25) is 10.0 Å². The Bertz CT molecular complexity index is 789. The van der Waals surface area contributed by atoms with Gasteiger partial charge in [0.05, 0.1) is 10.5 Å². The van der Waals surface area contributed by atoms with Gasteiger partial charge >= 0.3 is 6.18 Å². The van der Waals surface area contributed by atoms with Crippen LogP contribution in [0, 0.1) is 0 Å². The first-order valence-corrected chi connectivity index (χ1v) is 8.41. The molecule has 0 aromatic heterocycles. The lowest BCUT2D eigenvalue weighted by Crippen LogP contribution is -2.27. The number of halogens is 4. The van der Waals surface area contributed by atoms with Gasteiger partial charge in [-0.25, -0.2) is 13.1 Å². The molecule has 0 amide bonds. The topological polar surface area (TPSA) is 46.2 Å². The number of hydrogen-bond donors (Lipinski definition) is 1. The van der Waals surface area contributed by atoms with Crippen LogP contribution < -0.4 is 4.72 Å². The van der Waals surface area contributed by atoms with Crippen LogP contribution in [-0.4, -0.2) is 8.42 Å². The van der Waals surface area contributed by atoms with E-state index in [0.29, 0.717) is 16.7 Å². The molecule has 0 saturated heterocycles. The zero-order chi connectivity index (χ0) is 17.3. The van der Waals surface area contributed by atoms with Gasteiger partial charge in [0, 0.05) is 11.1 Å². The molecule has 3 nitrogen and oxygen atoms in total. The van der Waals surface area contributed by atoms with Crippen LogP contribution in [-0.2, 0) is 16.2 Å². The molecule has 2 rings (SSSR count). The van der Waals surface area contributed by atoms with E-state index in [0.717, 1.165) is 18.2 Å². The molecule has 0 spiro atoms. The fourth-order valence-corrected chi connectivity index (χ4v) is 3.36. The van der Waals surface area contributed by atoms with E-state index in [-0.39, 0.29) is 0 Å². The van der Waals surface area contributed by atoms with Gasteiger partial charge in [0.25, 0.3) is 0 Å². The molecule has 124 valence electrons. The Balaban J connectivity index is 2.27. The normalized spacial score (nSPS) is 13.8. The van der Waals surface area contributed by atoms with Crippen molar-refractivity contribution in [2.75, 3.05) is 0 Å². The van der Waals surface area contributed by atoms with E-state index in [2.05, 4.69) is 4.72 Å². The summed E-state index contributed by atoms with van der Waals surface area (Å²) in [5, 5.41) is 0.502. The second kappa shape index (κ2) is 6.51. The Morgan fingerprint density at radius 1 is 1.09 bits per heavy atom. The molecule has 0 aliphatic heterocycles. The minimum Gasteiger partial charge on any atom is -0.207 e. The summed E-state index contributed by atoms with van der Waals surface area (Å²) in [5.74, 6) is 0. The molecule has 0 saturated carbocycles. The van der Waals surface area contributed by atoms with Crippen LogP contribution in [0.5, 0.6) is 0 Å². The Morgan fingerprint density at radius 3 is 2.26 bits per heavy atom. The summed E-state index contributed by atoms with van der Waals surface area (Å²) in [6.07, 6.45) is -4.60. The number of rotatable bonds is 4. The Morgan fingerprint density at radius 2 is 1.70 bits per heavy atom. The van der Waals surface area contributed by atoms with Crippen LogP contribution >= 0.6 is 11.6 Å². The van der Waals surface area contributed by atoms with Gasteiger partial charge in [0.1, 0.15) is 0 Å². The second-order valence-corrected chi connectivity index (χ2v) is 7.07. The highest BCUT2D eigenvalue weighted by Gasteiger charge is 2.31. The van der Waals surface area contributed by atoms with Gasteiger partial charge in [-0.3, -0.25) is 0 Å². The van der Waals surface area contributed by atoms with E-state index in [1.807, 2.05) is 0 Å². The van der Waals surface area contributed by atoms with Crippen molar-refractivity contribution in [3.8, 4) is 0 Å². The van der Waals surface area contributed by atoms with Crippen LogP contribution in [0.4, 0.5) is 13.2 Å². The fourth-order valence-electron chi connectivity index (χ4n) is 1.96. The number of benzene rings is 2. The van der Waals surface area contributed by atoms with Crippen LogP contribution in [0.2, 0.25) is 5.02 Å². The number of hydrogen-bond acceptors (Lipinski definition) is 2. The molecule has 0 radical (unpaired) electrons. The average molecular weight is 364 g/mol. The summed E-state index contributed by atoms with van der Waals surface area (Å²) in [6, 6.07) is 9.47. The zero-order valence-corrected chi connectivity index (χ0v) is 13.5. The van der Waals surface area contributed by atoms with E-state index in [9.17, 15) is 21.6 Å². The average Bonchev–Trinajstić information content (AvgIpc) is 2.46. The van der Waals surface area contributed by atoms with Crippen molar-refractivity contribution < 1.29 is 21.6 Å². The van der Waals surface area contributed by atoms with E-state index in [4.69, 9.17) is 11.6 Å². The molecule has 0 aliphatic carbocycles. The van der Waals surface area contributed by atoms with Crippen LogP contribution in [0.25, 0.3) is 0 Å². The smallest absolute Gasteiger partial charge is 0.207 e. The maximum absolute atomic E-state index is 12.7. The number of nitrogens with one attached hydrogen (secondary N) is 1. The molecule has 23 heavy (non-hydrogen) atoms. The summed E-state index contributed by atoms with van der Waals surface area (Å²) in [7, 11) is -4.08. The first-order chi connectivity index (χ1) is 10.6. The number of alkyl halides is 3. The Kier molecular flexibility index (Phi) is 5.03. The predicted octanol–water partition coefficient (Wildman–Crippen LogP) is 4.40. The molecule has 2 aromatic rings. The minimum absolute atomic E-state index is 0.437. The van der Waals surface area contributed by atoms with Crippen LogP contribution in [0.1, 0.15) is 24.1 Å². The second-order valence-electron chi connectivity index (χ2n) is 4.92. The summed E-state index contributed by atoms with van der Waals surface area (Å²) in [6.45, 7) is 1.59. The highest BCUT2D eigenvalue weighted by molar-refractivity contribution is 7.89. The number of sulfonamides is 1. The van der Waals surface area contributed by atoms with Gasteiger partial charge in [-0.15, -0.1) is 0 Å². The SMILES string of the molecule is CC(NS(=O)(=O)c1cccc(C(F)(F)F)c1)c1ccc(Cl)cc1. The first kappa shape index (κ1) is 17.8. The van der Waals surface area contributed by atoms with E-state index >= 15 is 0 Å². The minimum atomic E-state index is -4.60. The molecule has 1 N–H and O–H groups in total. The molecule has 0 heterocycles. The monoisotopic (exact) mass is 363 g/mol. The van der Waals surface area contributed by atoms with Crippen LogP contribution in [0.15, 0.2) is 53.4 Å². The third-order valence-corrected chi connectivity index (χ3v) is 4.96. The lowest BCUT2D eigenvalue weighted by Gasteiger charge is -2.15. The van der Waals surface area contributed by atoms with Crippen molar-refractivity contribution in [1.82, 2.24) is 4.72 Å². The standard InChI is InChI=1S/C15H13ClF3NO2S/c1-10(11-5-7-13(16)8-6-11)20-23(21,22)14-4-2-3-12(9-14)15(17,18)19/h2-10,20H,1H3. The quantitative estimate of drug-likeness (QED) is 0.875. The first-order valence-electron chi connectivity index (χ1n) is 6.54.